The van der Waals surface area contributed by atoms with Crippen molar-refractivity contribution in [1.82, 2.24) is 0 Å². The molecule has 0 saturated heterocycles. The SMILES string of the molecule is CCCCC/C=C\C/C=C\CCCCCCCC(O)=CC(C)=O. The maximum atomic E-state index is 10.8. The van der Waals surface area contributed by atoms with E-state index in [4.69, 9.17) is 0 Å². The van der Waals surface area contributed by atoms with Crippen molar-refractivity contribution in [1.29, 1.82) is 0 Å². The number of ketones is 1. The number of aliphatic hydroxyl groups is 1. The number of unbranched alkanes of at least 4 members (excludes halogenated alkanes) is 8. The van der Waals surface area contributed by atoms with E-state index in [2.05, 4.69) is 31.2 Å². The summed E-state index contributed by atoms with van der Waals surface area (Å²) in [4.78, 5) is 10.8. The number of rotatable bonds is 15. The van der Waals surface area contributed by atoms with Crippen molar-refractivity contribution in [3.63, 3.8) is 0 Å². The van der Waals surface area contributed by atoms with E-state index in [1.54, 1.807) is 0 Å². The summed E-state index contributed by atoms with van der Waals surface area (Å²) < 4.78 is 0. The first-order valence-corrected chi connectivity index (χ1v) is 9.37. The van der Waals surface area contributed by atoms with Crippen molar-refractivity contribution in [2.45, 2.75) is 90.9 Å². The van der Waals surface area contributed by atoms with Crippen LogP contribution in [0.2, 0.25) is 0 Å². The number of aliphatic hydroxyl groups excluding tert-OH is 1. The predicted molar refractivity (Wildman–Crippen MR) is 101 cm³/mol. The van der Waals surface area contributed by atoms with Gasteiger partial charge in [-0.25, -0.2) is 0 Å². The molecule has 0 atom stereocenters. The van der Waals surface area contributed by atoms with Gasteiger partial charge in [0.1, 0.15) is 0 Å². The van der Waals surface area contributed by atoms with Crippen molar-refractivity contribution >= 4 is 5.78 Å². The van der Waals surface area contributed by atoms with Gasteiger partial charge in [-0.2, -0.15) is 0 Å². The number of carbonyl (C=O) groups excluding carboxylic acids is 1. The first-order chi connectivity index (χ1) is 11.2. The molecule has 0 radical (unpaired) electrons. The van der Waals surface area contributed by atoms with Crippen LogP contribution in [0.4, 0.5) is 0 Å². The average Bonchev–Trinajstić information content (AvgIpc) is 2.50. The highest BCUT2D eigenvalue weighted by atomic mass is 16.3. The van der Waals surface area contributed by atoms with Crippen molar-refractivity contribution in [3.05, 3.63) is 36.1 Å². The molecule has 0 aromatic rings. The van der Waals surface area contributed by atoms with Crippen LogP contribution >= 0.6 is 0 Å². The second-order valence-corrected chi connectivity index (χ2v) is 6.23. The molecule has 2 heteroatoms. The number of hydrogen-bond donors (Lipinski definition) is 1. The molecule has 0 saturated carbocycles. The topological polar surface area (TPSA) is 37.3 Å². The molecule has 0 heterocycles. The molecule has 1 N–H and O–H groups in total. The van der Waals surface area contributed by atoms with E-state index in [0.717, 1.165) is 19.3 Å². The quantitative estimate of drug-likeness (QED) is 0.155. The molecule has 0 aliphatic heterocycles. The fourth-order valence-electron chi connectivity index (χ4n) is 2.42. The van der Waals surface area contributed by atoms with Gasteiger partial charge in [0.2, 0.25) is 0 Å². The van der Waals surface area contributed by atoms with Crippen LogP contribution in [0.1, 0.15) is 90.9 Å². The summed E-state index contributed by atoms with van der Waals surface area (Å²) in [5.41, 5.74) is 0. The van der Waals surface area contributed by atoms with Crippen LogP contribution in [0.3, 0.4) is 0 Å². The Kier molecular flexibility index (Phi) is 16.1. The van der Waals surface area contributed by atoms with E-state index in [1.807, 2.05) is 0 Å². The Balaban J connectivity index is 3.32. The van der Waals surface area contributed by atoms with Gasteiger partial charge in [-0.1, -0.05) is 63.3 Å². The van der Waals surface area contributed by atoms with Crippen LogP contribution in [0.15, 0.2) is 36.1 Å². The normalized spacial score (nSPS) is 12.5. The lowest BCUT2D eigenvalue weighted by molar-refractivity contribution is -0.112. The van der Waals surface area contributed by atoms with E-state index >= 15 is 0 Å². The molecule has 0 unspecified atom stereocenters. The van der Waals surface area contributed by atoms with Crippen molar-refractivity contribution < 1.29 is 9.90 Å². The second-order valence-electron chi connectivity index (χ2n) is 6.23. The Morgan fingerprint density at radius 2 is 1.39 bits per heavy atom. The minimum Gasteiger partial charge on any atom is -0.512 e. The lowest BCUT2D eigenvalue weighted by Crippen LogP contribution is -1.89. The van der Waals surface area contributed by atoms with Gasteiger partial charge < -0.3 is 5.11 Å². The molecule has 0 aliphatic carbocycles. The van der Waals surface area contributed by atoms with E-state index in [-0.39, 0.29) is 11.5 Å². The summed E-state index contributed by atoms with van der Waals surface area (Å²) in [6.45, 7) is 3.70. The highest BCUT2D eigenvalue weighted by Crippen LogP contribution is 2.10. The summed E-state index contributed by atoms with van der Waals surface area (Å²) in [6.07, 6.45) is 24.3. The molecule has 0 spiro atoms. The molecular formula is C21H36O2. The van der Waals surface area contributed by atoms with E-state index in [1.165, 1.54) is 64.4 Å². The third-order valence-electron chi connectivity index (χ3n) is 3.75. The first kappa shape index (κ1) is 21.7. The zero-order valence-corrected chi connectivity index (χ0v) is 15.2. The fourth-order valence-corrected chi connectivity index (χ4v) is 2.42. The van der Waals surface area contributed by atoms with Crippen LogP contribution < -0.4 is 0 Å². The monoisotopic (exact) mass is 320 g/mol. The van der Waals surface area contributed by atoms with Gasteiger partial charge in [0.15, 0.2) is 5.78 Å². The number of hydrogen-bond acceptors (Lipinski definition) is 2. The highest BCUT2D eigenvalue weighted by molar-refractivity contribution is 5.87. The highest BCUT2D eigenvalue weighted by Gasteiger charge is 1.96. The zero-order valence-electron chi connectivity index (χ0n) is 15.2. The maximum Gasteiger partial charge on any atom is 0.155 e. The van der Waals surface area contributed by atoms with E-state index in [9.17, 15) is 9.90 Å². The van der Waals surface area contributed by atoms with Crippen molar-refractivity contribution in [2.75, 3.05) is 0 Å². The van der Waals surface area contributed by atoms with Gasteiger partial charge in [0.25, 0.3) is 0 Å². The van der Waals surface area contributed by atoms with Crippen LogP contribution in [-0.4, -0.2) is 10.9 Å². The summed E-state index contributed by atoms with van der Waals surface area (Å²) in [5, 5.41) is 9.45. The third-order valence-corrected chi connectivity index (χ3v) is 3.75. The number of carbonyl (C=O) groups is 1. The third kappa shape index (κ3) is 18.6. The zero-order chi connectivity index (χ0) is 17.2. The van der Waals surface area contributed by atoms with Crippen molar-refractivity contribution in [3.8, 4) is 0 Å². The smallest absolute Gasteiger partial charge is 0.155 e. The second kappa shape index (κ2) is 17.1. The van der Waals surface area contributed by atoms with Crippen LogP contribution in [0.5, 0.6) is 0 Å². The molecule has 0 aromatic heterocycles. The fraction of sp³-hybridized carbons (Fsp3) is 0.667. The largest absolute Gasteiger partial charge is 0.512 e. The first-order valence-electron chi connectivity index (χ1n) is 9.37. The maximum absolute atomic E-state index is 10.8. The molecule has 0 fully saturated rings. The lowest BCUT2D eigenvalue weighted by atomic mass is 10.1. The lowest BCUT2D eigenvalue weighted by Gasteiger charge is -2.00. The van der Waals surface area contributed by atoms with Gasteiger partial charge in [0.05, 0.1) is 5.76 Å². The Hall–Kier alpha value is -1.31. The minimum absolute atomic E-state index is 0.0786. The average molecular weight is 321 g/mol. The van der Waals surface area contributed by atoms with Gasteiger partial charge in [-0.15, -0.1) is 0 Å². The van der Waals surface area contributed by atoms with E-state index in [0.29, 0.717) is 6.42 Å². The summed E-state index contributed by atoms with van der Waals surface area (Å²) >= 11 is 0. The summed E-state index contributed by atoms with van der Waals surface area (Å²) in [7, 11) is 0. The van der Waals surface area contributed by atoms with Gasteiger partial charge >= 0.3 is 0 Å². The molecule has 0 aliphatic rings. The predicted octanol–water partition coefficient (Wildman–Crippen LogP) is 6.83. The Morgan fingerprint density at radius 1 is 0.826 bits per heavy atom. The molecule has 0 amide bonds. The summed E-state index contributed by atoms with van der Waals surface area (Å²) in [6, 6.07) is 0. The molecule has 23 heavy (non-hydrogen) atoms. The molecule has 0 aromatic carbocycles. The van der Waals surface area contributed by atoms with Crippen LogP contribution in [0.25, 0.3) is 0 Å². The van der Waals surface area contributed by atoms with Crippen LogP contribution in [0, 0.1) is 0 Å². The summed E-state index contributed by atoms with van der Waals surface area (Å²) in [5.74, 6) is 0.147. The molecule has 0 bridgehead atoms. The van der Waals surface area contributed by atoms with Gasteiger partial charge in [-0.05, 0) is 45.4 Å². The van der Waals surface area contributed by atoms with E-state index < -0.39 is 0 Å². The Labute approximate surface area is 143 Å². The van der Waals surface area contributed by atoms with Crippen molar-refractivity contribution in [2.24, 2.45) is 0 Å². The molecule has 0 rings (SSSR count). The number of allylic oxidation sites excluding steroid dienone is 6. The van der Waals surface area contributed by atoms with Gasteiger partial charge in [0, 0.05) is 12.5 Å². The van der Waals surface area contributed by atoms with Gasteiger partial charge in [-0.3, -0.25) is 4.79 Å². The molecule has 2 nitrogen and oxygen atoms in total. The minimum atomic E-state index is -0.0786. The molecular weight excluding hydrogens is 284 g/mol. The van der Waals surface area contributed by atoms with Crippen LogP contribution in [-0.2, 0) is 4.79 Å². The molecule has 132 valence electrons. The standard InChI is InChI=1S/C21H36O2/c1-3-4-5-6-7-8-9-10-11-12-13-14-15-16-17-18-21(23)19-20(2)22/h7-8,10-11,19,23H,3-6,9,12-18H2,1-2H3/b8-7-,11-10-,21-19?. The Bertz CT molecular complexity index is 364. The Morgan fingerprint density at radius 3 is 2.00 bits per heavy atom.